The van der Waals surface area contributed by atoms with Gasteiger partial charge in [0.2, 0.25) is 0 Å². The molecule has 0 spiro atoms. The van der Waals surface area contributed by atoms with E-state index in [1.54, 1.807) is 0 Å². The molecule has 1 rings (SSSR count). The van der Waals surface area contributed by atoms with Crippen LogP contribution in [-0.4, -0.2) is 0 Å². The zero-order chi connectivity index (χ0) is 16.3. The molecule has 1 saturated carbocycles. The summed E-state index contributed by atoms with van der Waals surface area (Å²) in [4.78, 5) is 0. The van der Waals surface area contributed by atoms with E-state index in [1.165, 1.54) is 38.5 Å². The minimum absolute atomic E-state index is 0.717. The van der Waals surface area contributed by atoms with Crippen LogP contribution in [0.5, 0.6) is 0 Å². The van der Waals surface area contributed by atoms with E-state index in [1.807, 2.05) is 27.7 Å². The third-order valence-electron chi connectivity index (χ3n) is 3.21. The van der Waals surface area contributed by atoms with Crippen LogP contribution in [-0.2, 0) is 0 Å². The molecule has 19 heavy (non-hydrogen) atoms. The normalized spacial score (nSPS) is 16.9. The van der Waals surface area contributed by atoms with Crippen molar-refractivity contribution in [1.29, 1.82) is 0 Å². The van der Waals surface area contributed by atoms with E-state index >= 15 is 0 Å². The second kappa shape index (κ2) is 23.1. The fraction of sp³-hybridized carbons (Fsp3) is 1.00. The highest BCUT2D eigenvalue weighted by molar-refractivity contribution is 4.93. The summed E-state index contributed by atoms with van der Waals surface area (Å²) >= 11 is 0. The molecule has 0 radical (unpaired) electrons. The Hall–Kier alpha value is 0. The van der Waals surface area contributed by atoms with Gasteiger partial charge in [-0.1, -0.05) is 108 Å². The van der Waals surface area contributed by atoms with Crippen LogP contribution in [0.1, 0.15) is 115 Å². The Balaban J connectivity index is -0.0000000826. The van der Waals surface area contributed by atoms with Crippen molar-refractivity contribution >= 4 is 0 Å². The maximum atomic E-state index is 2.35. The average molecular weight is 275 g/mol. The maximum absolute atomic E-state index is 2.35. The molecular formula is C19H46. The second-order valence-corrected chi connectivity index (χ2v) is 5.30. The van der Waals surface area contributed by atoms with Gasteiger partial charge in [0.25, 0.3) is 0 Å². The molecule has 0 aromatic carbocycles. The zero-order valence-electron chi connectivity index (χ0n) is 16.3. The molecule has 0 N–H and O–H groups in total. The molecule has 1 fully saturated rings. The van der Waals surface area contributed by atoms with E-state index < -0.39 is 0 Å². The Morgan fingerprint density at radius 1 is 0.684 bits per heavy atom. The molecule has 1 aliphatic rings. The van der Waals surface area contributed by atoms with Gasteiger partial charge < -0.3 is 0 Å². The highest BCUT2D eigenvalue weighted by atomic mass is 14.5. The van der Waals surface area contributed by atoms with Gasteiger partial charge in [-0.25, -0.2) is 0 Å². The second-order valence-electron chi connectivity index (χ2n) is 5.30. The lowest BCUT2D eigenvalue weighted by molar-refractivity contribution is 0.549. The molecule has 122 valence electrons. The summed E-state index contributed by atoms with van der Waals surface area (Å²) in [6.45, 7) is 23.7. The summed E-state index contributed by atoms with van der Waals surface area (Å²) in [5, 5.41) is 0. The Morgan fingerprint density at radius 2 is 0.895 bits per heavy atom. The van der Waals surface area contributed by atoms with Gasteiger partial charge in [-0.3, -0.25) is 0 Å². The van der Waals surface area contributed by atoms with Crippen molar-refractivity contribution in [1.82, 2.24) is 0 Å². The van der Waals surface area contributed by atoms with Crippen LogP contribution in [0.2, 0.25) is 0 Å². The summed E-state index contributed by atoms with van der Waals surface area (Å²) in [7, 11) is 0. The standard InChI is InChI=1S/C7H14.2C4H10.2C2H6/c1-4-6-5-7(6,2)3;2*1-3-4-2;2*1-2/h6H,4-5H2,1-3H3;2*3-4H2,1-2H3;2*1-2H3. The largest absolute Gasteiger partial charge is 0.0683 e. The highest BCUT2D eigenvalue weighted by Gasteiger charge is 2.43. The van der Waals surface area contributed by atoms with Gasteiger partial charge in [0, 0.05) is 0 Å². The first-order valence-corrected chi connectivity index (χ1v) is 8.99. The van der Waals surface area contributed by atoms with Crippen molar-refractivity contribution in [2.24, 2.45) is 11.3 Å². The molecule has 1 unspecified atom stereocenters. The van der Waals surface area contributed by atoms with Gasteiger partial charge in [0.05, 0.1) is 0 Å². The molecule has 0 aliphatic heterocycles. The van der Waals surface area contributed by atoms with Crippen molar-refractivity contribution in [3.8, 4) is 0 Å². The van der Waals surface area contributed by atoms with E-state index in [2.05, 4.69) is 48.5 Å². The minimum Gasteiger partial charge on any atom is -0.0683 e. The Labute approximate surface area is 126 Å². The lowest BCUT2D eigenvalue weighted by atomic mass is 10.1. The monoisotopic (exact) mass is 274 g/mol. The number of unbranched alkanes of at least 4 members (excludes halogenated alkanes) is 2. The Bertz CT molecular complexity index is 105. The molecule has 0 aromatic heterocycles. The molecular weight excluding hydrogens is 228 g/mol. The lowest BCUT2D eigenvalue weighted by Gasteiger charge is -1.95. The van der Waals surface area contributed by atoms with Crippen LogP contribution in [0.4, 0.5) is 0 Å². The van der Waals surface area contributed by atoms with Crippen LogP contribution in [0.25, 0.3) is 0 Å². The Kier molecular flexibility index (Phi) is 33.3. The highest BCUT2D eigenvalue weighted by Crippen LogP contribution is 2.53. The van der Waals surface area contributed by atoms with E-state index in [9.17, 15) is 0 Å². The minimum atomic E-state index is 0.717. The van der Waals surface area contributed by atoms with Gasteiger partial charge in [0.1, 0.15) is 0 Å². The molecule has 0 amide bonds. The van der Waals surface area contributed by atoms with Crippen LogP contribution in [0.3, 0.4) is 0 Å². The predicted molar refractivity (Wildman–Crippen MR) is 96.0 cm³/mol. The predicted octanol–water partition coefficient (Wildman–Crippen LogP) is 8.11. The summed E-state index contributed by atoms with van der Waals surface area (Å²) in [6.07, 6.45) is 8.12. The van der Waals surface area contributed by atoms with Gasteiger partial charge in [0.15, 0.2) is 0 Å². The van der Waals surface area contributed by atoms with Gasteiger partial charge in [-0.05, 0) is 17.8 Å². The first-order chi connectivity index (χ1) is 8.99. The van der Waals surface area contributed by atoms with Crippen molar-refractivity contribution in [2.75, 3.05) is 0 Å². The quantitative estimate of drug-likeness (QED) is 0.487. The lowest BCUT2D eigenvalue weighted by Crippen LogP contribution is -1.86. The van der Waals surface area contributed by atoms with E-state index in [4.69, 9.17) is 0 Å². The van der Waals surface area contributed by atoms with Crippen LogP contribution in [0.15, 0.2) is 0 Å². The number of hydrogen-bond donors (Lipinski definition) is 0. The molecule has 0 nitrogen and oxygen atoms in total. The molecule has 1 atom stereocenters. The van der Waals surface area contributed by atoms with Crippen LogP contribution >= 0.6 is 0 Å². The van der Waals surface area contributed by atoms with E-state index in [0.717, 1.165) is 11.3 Å². The molecule has 0 saturated heterocycles. The maximum Gasteiger partial charge on any atom is -0.0323 e. The van der Waals surface area contributed by atoms with Crippen molar-refractivity contribution in [2.45, 2.75) is 115 Å². The smallest absolute Gasteiger partial charge is 0.0323 e. The summed E-state index contributed by atoms with van der Waals surface area (Å²) in [5.74, 6) is 1.05. The Morgan fingerprint density at radius 3 is 0.895 bits per heavy atom. The van der Waals surface area contributed by atoms with Gasteiger partial charge in [-0.15, -0.1) is 0 Å². The average Bonchev–Trinajstić information content (AvgIpc) is 3.11. The molecule has 0 bridgehead atoms. The third kappa shape index (κ3) is 27.3. The first kappa shape index (κ1) is 27.4. The number of rotatable bonds is 3. The summed E-state index contributed by atoms with van der Waals surface area (Å²) in [6, 6.07) is 0. The van der Waals surface area contributed by atoms with Crippen molar-refractivity contribution in [3.63, 3.8) is 0 Å². The van der Waals surface area contributed by atoms with Gasteiger partial charge >= 0.3 is 0 Å². The fourth-order valence-electron chi connectivity index (χ4n) is 1.27. The molecule has 0 heterocycles. The SMILES string of the molecule is CC.CC.CCC1CC1(C)C.CCCC.CCCC. The zero-order valence-corrected chi connectivity index (χ0v) is 16.3. The van der Waals surface area contributed by atoms with Crippen molar-refractivity contribution in [3.05, 3.63) is 0 Å². The molecule has 0 aromatic rings. The van der Waals surface area contributed by atoms with Crippen LogP contribution in [0, 0.1) is 11.3 Å². The van der Waals surface area contributed by atoms with Crippen LogP contribution < -0.4 is 0 Å². The summed E-state index contributed by atoms with van der Waals surface area (Å²) < 4.78 is 0. The third-order valence-corrected chi connectivity index (χ3v) is 3.21. The van der Waals surface area contributed by atoms with Crippen molar-refractivity contribution < 1.29 is 0 Å². The van der Waals surface area contributed by atoms with E-state index in [0.29, 0.717) is 0 Å². The molecule has 1 aliphatic carbocycles. The van der Waals surface area contributed by atoms with E-state index in [-0.39, 0.29) is 0 Å². The summed E-state index contributed by atoms with van der Waals surface area (Å²) in [5.41, 5.74) is 0.717. The topological polar surface area (TPSA) is 0 Å². The first-order valence-electron chi connectivity index (χ1n) is 8.99. The molecule has 0 heteroatoms. The fourth-order valence-corrected chi connectivity index (χ4v) is 1.27. The number of hydrogen-bond acceptors (Lipinski definition) is 0. The van der Waals surface area contributed by atoms with Gasteiger partial charge in [-0.2, -0.15) is 0 Å².